The maximum absolute atomic E-state index is 14.6. The van der Waals surface area contributed by atoms with Crippen LogP contribution in [0.5, 0.6) is 0 Å². The van der Waals surface area contributed by atoms with E-state index < -0.39 is 11.6 Å². The van der Waals surface area contributed by atoms with Crippen LogP contribution in [0.3, 0.4) is 0 Å². The number of hydrogen-bond acceptors (Lipinski definition) is 6. The molecule has 2 aliphatic heterocycles. The Morgan fingerprint density at radius 2 is 1.78 bits per heavy atom. The summed E-state index contributed by atoms with van der Waals surface area (Å²) in [5.74, 6) is -0.485. The summed E-state index contributed by atoms with van der Waals surface area (Å²) in [6, 6.07) is 12.5. The van der Waals surface area contributed by atoms with Crippen molar-refractivity contribution in [3.05, 3.63) is 89.2 Å². The van der Waals surface area contributed by atoms with Crippen LogP contribution >= 0.6 is 0 Å². The molecule has 0 saturated carbocycles. The molecule has 1 N–H and O–H groups in total. The molecule has 9 nitrogen and oxygen atoms in total. The van der Waals surface area contributed by atoms with Crippen LogP contribution in [0.1, 0.15) is 47.3 Å². The van der Waals surface area contributed by atoms with Gasteiger partial charge in [0.2, 0.25) is 5.91 Å². The number of carbonyl (C=O) groups excluding carboxylic acids is 2. The summed E-state index contributed by atoms with van der Waals surface area (Å²) >= 11 is 0. The monoisotopic (exact) mass is 559 g/mol. The minimum absolute atomic E-state index is 0.108. The molecule has 2 amide bonds. The average molecular weight is 560 g/mol. The van der Waals surface area contributed by atoms with Crippen molar-refractivity contribution in [1.82, 2.24) is 24.4 Å². The molecule has 11 heteroatoms. The lowest BCUT2D eigenvalue weighted by Crippen LogP contribution is -2.47. The van der Waals surface area contributed by atoms with E-state index >= 15 is 0 Å². The molecule has 2 saturated heterocycles. The van der Waals surface area contributed by atoms with Gasteiger partial charge in [0.25, 0.3) is 5.91 Å². The summed E-state index contributed by atoms with van der Waals surface area (Å²) in [6.45, 7) is 6.10. The Labute approximate surface area is 236 Å². The number of fused-ring (bicyclic) bond motifs is 1. The number of piperazine rings is 1. The van der Waals surface area contributed by atoms with Crippen LogP contribution in [-0.2, 0) is 11.3 Å². The molecule has 6 rings (SSSR count). The van der Waals surface area contributed by atoms with Crippen molar-refractivity contribution < 1.29 is 18.4 Å². The van der Waals surface area contributed by atoms with Gasteiger partial charge in [0.1, 0.15) is 23.1 Å². The zero-order valence-electron chi connectivity index (χ0n) is 22.8. The number of amides is 2. The zero-order valence-corrected chi connectivity index (χ0v) is 22.8. The van der Waals surface area contributed by atoms with Gasteiger partial charge >= 0.3 is 0 Å². The first kappa shape index (κ1) is 26.8. The van der Waals surface area contributed by atoms with Gasteiger partial charge in [0.15, 0.2) is 5.65 Å². The molecule has 212 valence electrons. The third-order valence-corrected chi connectivity index (χ3v) is 7.91. The van der Waals surface area contributed by atoms with Gasteiger partial charge in [0, 0.05) is 63.5 Å². The fourth-order valence-corrected chi connectivity index (χ4v) is 5.68. The summed E-state index contributed by atoms with van der Waals surface area (Å²) < 4.78 is 30.1. The van der Waals surface area contributed by atoms with E-state index in [0.29, 0.717) is 41.2 Å². The van der Waals surface area contributed by atoms with Gasteiger partial charge in [-0.2, -0.15) is 5.10 Å². The molecule has 41 heavy (non-hydrogen) atoms. The minimum Gasteiger partial charge on any atom is -0.349 e. The highest BCUT2D eigenvalue weighted by Gasteiger charge is 2.30. The fraction of sp³-hybridized carbons (Fsp3) is 0.333. The van der Waals surface area contributed by atoms with Crippen LogP contribution in [0.15, 0.2) is 60.9 Å². The number of benzene rings is 2. The smallest absolute Gasteiger partial charge is 0.255 e. The Balaban J connectivity index is 1.15. The van der Waals surface area contributed by atoms with E-state index in [0.717, 1.165) is 56.8 Å². The molecule has 0 spiro atoms. The SMILES string of the molecule is CC(=O)N1CCN(Cc2ccc(C(=O)Nc3cnn4ccc(N5CCC[C@@H]5c5cc(F)ccc5F)nc34)cc2)CC1. The van der Waals surface area contributed by atoms with Gasteiger partial charge in [-0.3, -0.25) is 14.5 Å². The molecule has 0 aliphatic carbocycles. The van der Waals surface area contributed by atoms with Crippen molar-refractivity contribution in [3.8, 4) is 0 Å². The molecule has 2 aromatic carbocycles. The number of carbonyl (C=O) groups is 2. The largest absolute Gasteiger partial charge is 0.349 e. The van der Waals surface area contributed by atoms with E-state index in [-0.39, 0.29) is 17.9 Å². The number of nitrogens with zero attached hydrogens (tertiary/aromatic N) is 6. The summed E-state index contributed by atoms with van der Waals surface area (Å²) in [5.41, 5.74) is 2.83. The van der Waals surface area contributed by atoms with Crippen LogP contribution in [0.25, 0.3) is 5.65 Å². The summed E-state index contributed by atoms with van der Waals surface area (Å²) in [7, 11) is 0. The highest BCUT2D eigenvalue weighted by Crippen LogP contribution is 2.37. The Kier molecular flexibility index (Phi) is 7.36. The quantitative estimate of drug-likeness (QED) is 0.380. The lowest BCUT2D eigenvalue weighted by atomic mass is 10.0. The van der Waals surface area contributed by atoms with E-state index in [1.807, 2.05) is 21.9 Å². The maximum Gasteiger partial charge on any atom is 0.255 e. The molecule has 0 unspecified atom stereocenters. The number of aromatic nitrogens is 3. The second-order valence-corrected chi connectivity index (χ2v) is 10.6. The first-order chi connectivity index (χ1) is 19.9. The third kappa shape index (κ3) is 5.62. The van der Waals surface area contributed by atoms with E-state index in [1.54, 1.807) is 42.0 Å². The van der Waals surface area contributed by atoms with Crippen molar-refractivity contribution in [2.45, 2.75) is 32.4 Å². The molecule has 4 aromatic rings. The van der Waals surface area contributed by atoms with Crippen LogP contribution in [0.2, 0.25) is 0 Å². The molecule has 2 aliphatic rings. The second-order valence-electron chi connectivity index (χ2n) is 10.6. The average Bonchev–Trinajstić information content (AvgIpc) is 3.62. The molecular weight excluding hydrogens is 528 g/mol. The van der Waals surface area contributed by atoms with Gasteiger partial charge < -0.3 is 15.1 Å². The van der Waals surface area contributed by atoms with Gasteiger partial charge in [0.05, 0.1) is 12.2 Å². The Hall–Kier alpha value is -4.38. The van der Waals surface area contributed by atoms with Crippen LogP contribution < -0.4 is 10.2 Å². The molecule has 2 aromatic heterocycles. The molecule has 0 radical (unpaired) electrons. The normalized spacial score (nSPS) is 17.8. The maximum atomic E-state index is 14.6. The molecule has 4 heterocycles. The standard InChI is InChI=1S/C30H31F2N7O2/c1-20(40)37-15-13-36(14-16-37)19-21-4-6-22(7-5-21)30(41)34-26-18-33-39-12-10-28(35-29(26)39)38-11-2-3-27(38)24-17-23(31)8-9-25(24)32/h4-10,12,17-18,27H,2-3,11,13-16,19H2,1H3,(H,34,41)/t27-/m1/s1. The van der Waals surface area contributed by atoms with Crippen molar-refractivity contribution in [2.24, 2.45) is 0 Å². The van der Waals surface area contributed by atoms with Crippen molar-refractivity contribution in [2.75, 3.05) is 42.9 Å². The first-order valence-corrected chi connectivity index (χ1v) is 13.8. The first-order valence-electron chi connectivity index (χ1n) is 13.8. The predicted molar refractivity (Wildman–Crippen MR) is 151 cm³/mol. The van der Waals surface area contributed by atoms with Crippen LogP contribution in [-0.4, -0.2) is 68.9 Å². The number of nitrogens with one attached hydrogen (secondary N) is 1. The Bertz CT molecular complexity index is 1580. The molecule has 0 bridgehead atoms. The zero-order chi connectivity index (χ0) is 28.5. The van der Waals surface area contributed by atoms with Crippen molar-refractivity contribution >= 4 is 29.0 Å². The minimum atomic E-state index is -0.474. The highest BCUT2D eigenvalue weighted by atomic mass is 19.1. The number of rotatable bonds is 6. The number of halogens is 2. The van der Waals surface area contributed by atoms with Crippen molar-refractivity contribution in [1.29, 1.82) is 0 Å². The Morgan fingerprint density at radius 1 is 1.00 bits per heavy atom. The van der Waals surface area contributed by atoms with E-state index in [4.69, 9.17) is 4.98 Å². The van der Waals surface area contributed by atoms with Gasteiger partial charge in [-0.25, -0.2) is 18.3 Å². The lowest BCUT2D eigenvalue weighted by molar-refractivity contribution is -0.130. The van der Waals surface area contributed by atoms with Gasteiger partial charge in [-0.05, 0) is 54.8 Å². The summed E-state index contributed by atoms with van der Waals surface area (Å²) in [5, 5.41) is 7.23. The fourth-order valence-electron chi connectivity index (χ4n) is 5.68. The second kappa shape index (κ2) is 11.2. The summed E-state index contributed by atoms with van der Waals surface area (Å²) in [4.78, 5) is 35.5. The molecule has 2 fully saturated rings. The van der Waals surface area contributed by atoms with Crippen LogP contribution in [0.4, 0.5) is 20.3 Å². The number of hydrogen-bond donors (Lipinski definition) is 1. The molecular formula is C30H31F2N7O2. The number of anilines is 2. The Morgan fingerprint density at radius 3 is 2.54 bits per heavy atom. The van der Waals surface area contributed by atoms with E-state index in [1.165, 1.54) is 6.07 Å². The summed E-state index contributed by atoms with van der Waals surface area (Å²) in [6.07, 6.45) is 4.80. The molecule has 1 atom stereocenters. The predicted octanol–water partition coefficient (Wildman–Crippen LogP) is 4.27. The topological polar surface area (TPSA) is 86.1 Å². The highest BCUT2D eigenvalue weighted by molar-refractivity contribution is 6.06. The van der Waals surface area contributed by atoms with E-state index in [2.05, 4.69) is 15.3 Å². The van der Waals surface area contributed by atoms with E-state index in [9.17, 15) is 18.4 Å². The lowest BCUT2D eigenvalue weighted by Gasteiger charge is -2.34. The van der Waals surface area contributed by atoms with Crippen LogP contribution in [0, 0.1) is 11.6 Å². The van der Waals surface area contributed by atoms with Gasteiger partial charge in [-0.15, -0.1) is 0 Å². The van der Waals surface area contributed by atoms with Gasteiger partial charge in [-0.1, -0.05) is 12.1 Å². The third-order valence-electron chi connectivity index (χ3n) is 7.91. The van der Waals surface area contributed by atoms with Crippen molar-refractivity contribution in [3.63, 3.8) is 0 Å².